The third kappa shape index (κ3) is 3.85. The summed E-state index contributed by atoms with van der Waals surface area (Å²) in [6.07, 6.45) is 1.22. The molecule has 0 radical (unpaired) electrons. The van der Waals surface area contributed by atoms with Gasteiger partial charge in [-0.05, 0) is 67.3 Å². The van der Waals surface area contributed by atoms with Crippen LogP contribution in [0.25, 0.3) is 0 Å². The van der Waals surface area contributed by atoms with Gasteiger partial charge in [-0.2, -0.15) is 0 Å². The fraction of sp³-hybridized carbons (Fsp3) is 0.294. The van der Waals surface area contributed by atoms with Crippen molar-refractivity contribution < 1.29 is 8.42 Å². The SMILES string of the molecule is Cc1cc(C)c(CNc2ccc(S(C)(=O)=O)cc2)cc1C. The maximum absolute atomic E-state index is 11.4. The maximum Gasteiger partial charge on any atom is 0.175 e. The van der Waals surface area contributed by atoms with Crippen molar-refractivity contribution >= 4 is 15.5 Å². The molecule has 4 heteroatoms. The summed E-state index contributed by atoms with van der Waals surface area (Å²) in [6, 6.07) is 11.2. The van der Waals surface area contributed by atoms with Gasteiger partial charge in [0, 0.05) is 18.5 Å². The molecule has 0 aliphatic carbocycles. The van der Waals surface area contributed by atoms with E-state index >= 15 is 0 Å². The quantitative estimate of drug-likeness (QED) is 0.938. The molecule has 0 aliphatic heterocycles. The van der Waals surface area contributed by atoms with Crippen LogP contribution in [-0.2, 0) is 16.4 Å². The van der Waals surface area contributed by atoms with Crippen LogP contribution in [0.2, 0.25) is 0 Å². The fourth-order valence-electron chi connectivity index (χ4n) is 2.23. The Kier molecular flexibility index (Phi) is 4.37. The van der Waals surface area contributed by atoms with E-state index in [9.17, 15) is 8.42 Å². The van der Waals surface area contributed by atoms with Crippen LogP contribution in [0.4, 0.5) is 5.69 Å². The van der Waals surface area contributed by atoms with Gasteiger partial charge in [-0.25, -0.2) is 8.42 Å². The van der Waals surface area contributed by atoms with Crippen molar-refractivity contribution in [3.63, 3.8) is 0 Å². The van der Waals surface area contributed by atoms with Crippen LogP contribution in [0.5, 0.6) is 0 Å². The molecule has 2 aromatic rings. The minimum absolute atomic E-state index is 0.343. The Bertz CT molecular complexity index is 747. The Balaban J connectivity index is 2.12. The highest BCUT2D eigenvalue weighted by Gasteiger charge is 2.06. The maximum atomic E-state index is 11.4. The second-order valence-corrected chi connectivity index (χ2v) is 7.53. The number of anilines is 1. The molecule has 2 aromatic carbocycles. The zero-order chi connectivity index (χ0) is 15.6. The first kappa shape index (κ1) is 15.6. The van der Waals surface area contributed by atoms with Crippen LogP contribution in [-0.4, -0.2) is 14.7 Å². The van der Waals surface area contributed by atoms with Crippen LogP contribution in [0.1, 0.15) is 22.3 Å². The summed E-state index contributed by atoms with van der Waals surface area (Å²) in [7, 11) is -3.13. The molecule has 112 valence electrons. The van der Waals surface area contributed by atoms with E-state index in [-0.39, 0.29) is 0 Å². The summed E-state index contributed by atoms with van der Waals surface area (Å²) in [5.41, 5.74) is 6.02. The van der Waals surface area contributed by atoms with Gasteiger partial charge >= 0.3 is 0 Å². The fourth-order valence-corrected chi connectivity index (χ4v) is 2.86. The lowest BCUT2D eigenvalue weighted by molar-refractivity contribution is 0.602. The summed E-state index contributed by atoms with van der Waals surface area (Å²) in [4.78, 5) is 0.343. The van der Waals surface area contributed by atoms with E-state index in [0.717, 1.165) is 12.2 Å². The standard InChI is InChI=1S/C17H21NO2S/c1-12-9-14(3)15(10-13(12)2)11-18-16-5-7-17(8-6-16)21(4,19)20/h5-10,18H,11H2,1-4H3. The van der Waals surface area contributed by atoms with Crippen LogP contribution < -0.4 is 5.32 Å². The molecule has 0 atom stereocenters. The smallest absolute Gasteiger partial charge is 0.175 e. The van der Waals surface area contributed by atoms with Gasteiger partial charge in [0.15, 0.2) is 9.84 Å². The first-order valence-corrected chi connectivity index (χ1v) is 8.77. The molecule has 0 saturated carbocycles. The highest BCUT2D eigenvalue weighted by atomic mass is 32.2. The van der Waals surface area contributed by atoms with E-state index in [2.05, 4.69) is 38.2 Å². The Labute approximate surface area is 126 Å². The van der Waals surface area contributed by atoms with E-state index in [4.69, 9.17) is 0 Å². The first-order valence-electron chi connectivity index (χ1n) is 6.88. The summed E-state index contributed by atoms with van der Waals surface area (Å²) in [6.45, 7) is 7.06. The Morgan fingerprint density at radius 2 is 1.48 bits per heavy atom. The van der Waals surface area contributed by atoms with Crippen molar-refractivity contribution in [3.05, 3.63) is 58.7 Å². The molecule has 0 amide bonds. The number of hydrogen-bond acceptors (Lipinski definition) is 3. The van der Waals surface area contributed by atoms with E-state index in [1.54, 1.807) is 24.3 Å². The highest BCUT2D eigenvalue weighted by Crippen LogP contribution is 2.18. The molecule has 0 bridgehead atoms. The predicted octanol–water partition coefficient (Wildman–Crippen LogP) is 3.63. The molecule has 2 rings (SSSR count). The van der Waals surface area contributed by atoms with Crippen molar-refractivity contribution in [3.8, 4) is 0 Å². The average molecular weight is 303 g/mol. The van der Waals surface area contributed by atoms with Crippen LogP contribution >= 0.6 is 0 Å². The van der Waals surface area contributed by atoms with Crippen molar-refractivity contribution in [2.45, 2.75) is 32.2 Å². The third-order valence-electron chi connectivity index (χ3n) is 3.72. The van der Waals surface area contributed by atoms with Gasteiger partial charge < -0.3 is 5.32 Å². The van der Waals surface area contributed by atoms with Gasteiger partial charge in [0.1, 0.15) is 0 Å². The van der Waals surface area contributed by atoms with E-state index in [0.29, 0.717) is 4.90 Å². The van der Waals surface area contributed by atoms with Gasteiger partial charge in [0.2, 0.25) is 0 Å². The Morgan fingerprint density at radius 3 is 2.05 bits per heavy atom. The topological polar surface area (TPSA) is 46.2 Å². The van der Waals surface area contributed by atoms with E-state index < -0.39 is 9.84 Å². The monoisotopic (exact) mass is 303 g/mol. The molecule has 21 heavy (non-hydrogen) atoms. The van der Waals surface area contributed by atoms with Gasteiger partial charge in [-0.1, -0.05) is 12.1 Å². The second kappa shape index (κ2) is 5.90. The normalized spacial score (nSPS) is 11.4. The molecule has 0 heterocycles. The summed E-state index contributed by atoms with van der Waals surface area (Å²) >= 11 is 0. The molecule has 0 saturated heterocycles. The van der Waals surface area contributed by atoms with Crippen LogP contribution in [0.3, 0.4) is 0 Å². The summed E-state index contributed by atoms with van der Waals surface area (Å²) in [5, 5.41) is 3.33. The second-order valence-electron chi connectivity index (χ2n) is 5.51. The van der Waals surface area contributed by atoms with Crippen LogP contribution in [0, 0.1) is 20.8 Å². The number of benzene rings is 2. The molecule has 3 nitrogen and oxygen atoms in total. The molecule has 0 aliphatic rings. The van der Waals surface area contributed by atoms with Crippen molar-refractivity contribution in [1.29, 1.82) is 0 Å². The molecule has 0 fully saturated rings. The summed E-state index contributed by atoms with van der Waals surface area (Å²) < 4.78 is 22.8. The third-order valence-corrected chi connectivity index (χ3v) is 4.85. The Morgan fingerprint density at radius 1 is 0.905 bits per heavy atom. The predicted molar refractivity (Wildman–Crippen MR) is 87.5 cm³/mol. The van der Waals surface area contributed by atoms with Crippen molar-refractivity contribution in [2.24, 2.45) is 0 Å². The highest BCUT2D eigenvalue weighted by molar-refractivity contribution is 7.90. The van der Waals surface area contributed by atoms with E-state index in [1.165, 1.54) is 28.5 Å². The first-order chi connectivity index (χ1) is 9.77. The van der Waals surface area contributed by atoms with Crippen molar-refractivity contribution in [2.75, 3.05) is 11.6 Å². The number of aryl methyl sites for hydroxylation is 3. The molecular weight excluding hydrogens is 282 g/mol. The number of sulfone groups is 1. The lowest BCUT2D eigenvalue weighted by Gasteiger charge is -2.12. The zero-order valence-corrected chi connectivity index (χ0v) is 13.7. The molecular formula is C17H21NO2S. The zero-order valence-electron chi connectivity index (χ0n) is 12.9. The number of rotatable bonds is 4. The van der Waals surface area contributed by atoms with Gasteiger partial charge in [-0.3, -0.25) is 0 Å². The minimum Gasteiger partial charge on any atom is -0.381 e. The number of hydrogen-bond donors (Lipinski definition) is 1. The average Bonchev–Trinajstić information content (AvgIpc) is 2.41. The van der Waals surface area contributed by atoms with Gasteiger partial charge in [0.25, 0.3) is 0 Å². The molecule has 0 aromatic heterocycles. The van der Waals surface area contributed by atoms with Crippen LogP contribution in [0.15, 0.2) is 41.3 Å². The lowest BCUT2D eigenvalue weighted by atomic mass is 10.0. The van der Waals surface area contributed by atoms with Gasteiger partial charge in [-0.15, -0.1) is 0 Å². The number of nitrogens with one attached hydrogen (secondary N) is 1. The lowest BCUT2D eigenvalue weighted by Crippen LogP contribution is -2.03. The van der Waals surface area contributed by atoms with E-state index in [1.807, 2.05) is 0 Å². The Hall–Kier alpha value is -1.81. The van der Waals surface area contributed by atoms with Crippen molar-refractivity contribution in [1.82, 2.24) is 0 Å². The largest absolute Gasteiger partial charge is 0.381 e. The summed E-state index contributed by atoms with van der Waals surface area (Å²) in [5.74, 6) is 0. The molecule has 0 unspecified atom stereocenters. The minimum atomic E-state index is -3.13. The molecule has 0 spiro atoms. The molecule has 1 N–H and O–H groups in total. The van der Waals surface area contributed by atoms with Gasteiger partial charge in [0.05, 0.1) is 4.90 Å².